The highest BCUT2D eigenvalue weighted by Gasteiger charge is 2.30. The van der Waals surface area contributed by atoms with Crippen LogP contribution in [0.25, 0.3) is 22.2 Å². The molecular weight excluding hydrogens is 575 g/mol. The minimum Gasteiger partial charge on any atom is -0.497 e. The molecule has 1 saturated heterocycles. The highest BCUT2D eigenvalue weighted by molar-refractivity contribution is 14.1. The van der Waals surface area contributed by atoms with Crippen LogP contribution in [0.3, 0.4) is 0 Å². The molecule has 2 aromatic heterocycles. The smallest absolute Gasteiger partial charge is 0.260 e. The summed E-state index contributed by atoms with van der Waals surface area (Å²) >= 11 is 8.58. The van der Waals surface area contributed by atoms with Gasteiger partial charge in [0.25, 0.3) is 5.56 Å². The lowest BCUT2D eigenvalue weighted by molar-refractivity contribution is -0.139. The van der Waals surface area contributed by atoms with E-state index in [1.807, 2.05) is 22.6 Å². The van der Waals surface area contributed by atoms with Crippen LogP contribution in [-0.4, -0.2) is 65.4 Å². The largest absolute Gasteiger partial charge is 0.497 e. The van der Waals surface area contributed by atoms with E-state index in [0.717, 1.165) is 0 Å². The lowest BCUT2D eigenvalue weighted by Crippen LogP contribution is -2.54. The second-order valence-electron chi connectivity index (χ2n) is 7.56. The molecule has 178 valence electrons. The van der Waals surface area contributed by atoms with E-state index in [0.29, 0.717) is 55.6 Å². The summed E-state index contributed by atoms with van der Waals surface area (Å²) < 4.78 is 18.7. The Bertz CT molecular complexity index is 1320. The summed E-state index contributed by atoms with van der Waals surface area (Å²) in [7, 11) is 3.03. The van der Waals surface area contributed by atoms with Crippen molar-refractivity contribution in [2.24, 2.45) is 0 Å². The van der Waals surface area contributed by atoms with Gasteiger partial charge in [0.05, 0.1) is 38.5 Å². The fraction of sp³-hybridized carbons (Fsp3) is 0.304. The van der Waals surface area contributed by atoms with E-state index in [4.69, 9.17) is 25.8 Å². The molecule has 0 unspecified atom stereocenters. The number of benzene rings is 1. The van der Waals surface area contributed by atoms with Crippen molar-refractivity contribution in [3.05, 3.63) is 56.3 Å². The number of nitrogens with zero attached hydrogens (tertiary/aromatic N) is 4. The molecular formula is C23H22ClIN4O5. The summed E-state index contributed by atoms with van der Waals surface area (Å²) in [5.41, 5.74) is 1.07. The molecule has 0 bridgehead atoms. The van der Waals surface area contributed by atoms with Gasteiger partial charge < -0.3 is 19.1 Å². The van der Waals surface area contributed by atoms with Crippen molar-refractivity contribution in [3.8, 4) is 22.6 Å². The Hall–Kier alpha value is -2.70. The second kappa shape index (κ2) is 10.3. The molecule has 4 rings (SSSR count). The lowest BCUT2D eigenvalue weighted by atomic mass is 10.0. The van der Waals surface area contributed by atoms with Crippen LogP contribution in [0.5, 0.6) is 11.5 Å². The van der Waals surface area contributed by atoms with Crippen molar-refractivity contribution in [1.82, 2.24) is 19.4 Å². The predicted molar refractivity (Wildman–Crippen MR) is 137 cm³/mol. The van der Waals surface area contributed by atoms with Gasteiger partial charge in [-0.3, -0.25) is 14.2 Å². The molecule has 0 saturated carbocycles. The average molecular weight is 597 g/mol. The average Bonchev–Trinajstić information content (AvgIpc) is 2.81. The van der Waals surface area contributed by atoms with Crippen molar-refractivity contribution in [3.63, 3.8) is 0 Å². The van der Waals surface area contributed by atoms with Crippen LogP contribution in [-0.2, 0) is 16.1 Å². The van der Waals surface area contributed by atoms with E-state index in [1.54, 1.807) is 33.9 Å². The Labute approximate surface area is 214 Å². The summed E-state index contributed by atoms with van der Waals surface area (Å²) in [5, 5.41) is 0.981. The zero-order valence-corrected chi connectivity index (χ0v) is 21.5. The number of methoxy groups -OCH3 is 2. The van der Waals surface area contributed by atoms with E-state index in [2.05, 4.69) is 16.5 Å². The van der Waals surface area contributed by atoms with Gasteiger partial charge in [-0.25, -0.2) is 9.97 Å². The number of rotatable bonds is 8. The minimum absolute atomic E-state index is 0.0825. The highest BCUT2D eigenvalue weighted by atomic mass is 127. The van der Waals surface area contributed by atoms with E-state index in [-0.39, 0.29) is 30.7 Å². The first kappa shape index (κ1) is 24.4. The number of amides is 1. The van der Waals surface area contributed by atoms with Crippen molar-refractivity contribution in [2.75, 3.05) is 33.9 Å². The molecule has 1 aliphatic heterocycles. The Morgan fingerprint density at radius 1 is 1.26 bits per heavy atom. The zero-order chi connectivity index (χ0) is 24.4. The molecule has 0 aliphatic carbocycles. The number of carbonyl (C=O) groups is 1. The number of pyridine rings is 1. The number of hydrogen-bond acceptors (Lipinski definition) is 7. The highest BCUT2D eigenvalue weighted by Crippen LogP contribution is 2.38. The van der Waals surface area contributed by atoms with Crippen molar-refractivity contribution in [1.29, 1.82) is 0 Å². The molecule has 3 heterocycles. The normalized spacial score (nSPS) is 13.6. The molecule has 1 fully saturated rings. The number of likely N-dealkylation sites (tertiary alicyclic amines) is 1. The van der Waals surface area contributed by atoms with Gasteiger partial charge >= 0.3 is 0 Å². The van der Waals surface area contributed by atoms with Crippen molar-refractivity contribution in [2.45, 2.75) is 12.6 Å². The van der Waals surface area contributed by atoms with Gasteiger partial charge in [-0.2, -0.15) is 0 Å². The van der Waals surface area contributed by atoms with Crippen LogP contribution < -0.4 is 15.0 Å². The Morgan fingerprint density at radius 2 is 2.03 bits per heavy atom. The maximum Gasteiger partial charge on any atom is 0.260 e. The predicted octanol–water partition coefficient (Wildman–Crippen LogP) is 3.15. The number of aromatic nitrogens is 3. The van der Waals surface area contributed by atoms with Gasteiger partial charge in [-0.05, 0) is 18.2 Å². The van der Waals surface area contributed by atoms with Crippen LogP contribution in [0.15, 0.2) is 41.8 Å². The Kier molecular flexibility index (Phi) is 7.39. The fourth-order valence-electron chi connectivity index (χ4n) is 3.74. The number of halogens is 2. The molecule has 0 radical (unpaired) electrons. The first-order valence-corrected chi connectivity index (χ1v) is 11.8. The number of fused-ring (bicyclic) bond motifs is 1. The third kappa shape index (κ3) is 4.75. The molecule has 0 N–H and O–H groups in total. The molecule has 34 heavy (non-hydrogen) atoms. The molecule has 0 spiro atoms. The van der Waals surface area contributed by atoms with Gasteiger partial charge in [0, 0.05) is 64.5 Å². The Morgan fingerprint density at radius 3 is 2.71 bits per heavy atom. The number of ether oxygens (including phenoxy) is 3. The summed E-state index contributed by atoms with van der Waals surface area (Å²) in [6.45, 7) is 5.03. The van der Waals surface area contributed by atoms with Gasteiger partial charge in [0.15, 0.2) is 3.83 Å². The van der Waals surface area contributed by atoms with E-state index < -0.39 is 0 Å². The van der Waals surface area contributed by atoms with Gasteiger partial charge in [-0.1, -0.05) is 18.2 Å². The first-order valence-electron chi connectivity index (χ1n) is 10.4. The van der Waals surface area contributed by atoms with E-state index >= 15 is 0 Å². The van der Waals surface area contributed by atoms with Crippen molar-refractivity contribution < 1.29 is 19.0 Å². The maximum absolute atomic E-state index is 13.6. The number of carbonyl (C=O) groups excluding carboxylic acids is 1. The third-order valence-electron chi connectivity index (χ3n) is 5.56. The van der Waals surface area contributed by atoms with Gasteiger partial charge in [0.2, 0.25) is 5.91 Å². The summed E-state index contributed by atoms with van der Waals surface area (Å²) in [6.07, 6.45) is 2.87. The van der Waals surface area contributed by atoms with Gasteiger partial charge in [0.1, 0.15) is 17.1 Å². The lowest BCUT2D eigenvalue weighted by Gasteiger charge is -2.38. The van der Waals surface area contributed by atoms with E-state index in [9.17, 15) is 9.59 Å². The standard InChI is InChI=1S/C23H22ClIN4O5/c1-4-19(30)28-11-15(12-28)34-6-5-29-21-13(10-26-23(25)27-21)7-17(22(29)31)16-8-14(32-2)9-18(33-3)20(16)24/h4,7-10,15H,1,5-6,11-12H2,2-3H3. The van der Waals surface area contributed by atoms with Crippen LogP contribution >= 0.6 is 34.2 Å². The summed E-state index contributed by atoms with van der Waals surface area (Å²) in [6, 6.07) is 5.07. The van der Waals surface area contributed by atoms with Crippen molar-refractivity contribution >= 4 is 51.1 Å². The first-order chi connectivity index (χ1) is 16.4. The summed E-state index contributed by atoms with van der Waals surface area (Å²) in [5.74, 6) is 0.785. The quantitative estimate of drug-likeness (QED) is 0.224. The van der Waals surface area contributed by atoms with Crippen LogP contribution in [0.4, 0.5) is 0 Å². The van der Waals surface area contributed by atoms with Gasteiger partial charge in [-0.15, -0.1) is 0 Å². The van der Waals surface area contributed by atoms with Crippen LogP contribution in [0, 0.1) is 3.83 Å². The van der Waals surface area contributed by atoms with Crippen LogP contribution in [0.2, 0.25) is 5.02 Å². The maximum atomic E-state index is 13.6. The SMILES string of the molecule is C=CC(=O)N1CC(OCCn2c(=O)c(-c3cc(OC)cc(OC)c3Cl)cc3cnc(I)nc32)C1. The fourth-order valence-corrected chi connectivity index (χ4v) is 4.39. The Balaban J connectivity index is 1.69. The second-order valence-corrected chi connectivity index (χ2v) is 8.91. The third-order valence-corrected chi connectivity index (χ3v) is 6.47. The zero-order valence-electron chi connectivity index (χ0n) is 18.6. The van der Waals surface area contributed by atoms with Crippen LogP contribution in [0.1, 0.15) is 0 Å². The monoisotopic (exact) mass is 596 g/mol. The molecule has 0 atom stereocenters. The molecule has 9 nitrogen and oxygen atoms in total. The molecule has 11 heteroatoms. The molecule has 1 aromatic carbocycles. The number of hydrogen-bond donors (Lipinski definition) is 0. The summed E-state index contributed by atoms with van der Waals surface area (Å²) in [4.78, 5) is 35.6. The minimum atomic E-state index is -0.278. The molecule has 1 amide bonds. The topological polar surface area (TPSA) is 95.8 Å². The molecule has 3 aromatic rings. The molecule has 1 aliphatic rings. The van der Waals surface area contributed by atoms with E-state index in [1.165, 1.54) is 20.3 Å².